The van der Waals surface area contributed by atoms with Gasteiger partial charge in [-0.15, -0.1) is 0 Å². The van der Waals surface area contributed by atoms with Gasteiger partial charge in [0.2, 0.25) is 16.8 Å². The Kier molecular flexibility index (Phi) is 4.36. The molecule has 1 aliphatic heterocycles. The average molecular weight is 350 g/mol. The summed E-state index contributed by atoms with van der Waals surface area (Å²) in [6.07, 6.45) is 0. The normalized spacial score (nSPS) is 13.0. The summed E-state index contributed by atoms with van der Waals surface area (Å²) in [5, 5.41) is 10.7. The van der Waals surface area contributed by atoms with Crippen molar-refractivity contribution >= 4 is 15.7 Å². The number of non-ortho nitro benzene ring substituents is 1. The Labute approximate surface area is 138 Å². The van der Waals surface area contributed by atoms with Crippen molar-refractivity contribution in [1.82, 2.24) is 4.72 Å². The van der Waals surface area contributed by atoms with Crippen molar-refractivity contribution in [3.8, 4) is 11.5 Å². The summed E-state index contributed by atoms with van der Waals surface area (Å²) in [4.78, 5) is 10.2. The monoisotopic (exact) mass is 350 g/mol. The highest BCUT2D eigenvalue weighted by Crippen LogP contribution is 2.32. The zero-order valence-electron chi connectivity index (χ0n) is 12.5. The van der Waals surface area contributed by atoms with Gasteiger partial charge in [-0.05, 0) is 23.3 Å². The lowest BCUT2D eigenvalue weighted by Gasteiger charge is -2.07. The second kappa shape index (κ2) is 6.46. The van der Waals surface area contributed by atoms with Crippen LogP contribution in [0.2, 0.25) is 0 Å². The molecule has 0 spiro atoms. The molecule has 126 valence electrons. The number of nitro groups is 1. The zero-order valence-corrected chi connectivity index (χ0v) is 13.3. The van der Waals surface area contributed by atoms with E-state index in [4.69, 9.17) is 9.47 Å². The number of nitro benzene ring substituents is 1. The molecule has 0 aromatic heterocycles. The Balaban J connectivity index is 1.66. The Bertz CT molecular complexity index is 881. The predicted molar refractivity (Wildman–Crippen MR) is 85.1 cm³/mol. The van der Waals surface area contributed by atoms with Gasteiger partial charge in [0.15, 0.2) is 11.5 Å². The van der Waals surface area contributed by atoms with E-state index in [1.54, 1.807) is 18.2 Å². The number of fused-ring (bicyclic) bond motifs is 1. The highest BCUT2D eigenvalue weighted by atomic mass is 32.2. The number of hydrogen-bond donors (Lipinski definition) is 1. The van der Waals surface area contributed by atoms with Gasteiger partial charge in [-0.25, -0.2) is 13.1 Å². The van der Waals surface area contributed by atoms with E-state index in [1.807, 2.05) is 0 Å². The minimum absolute atomic E-state index is 0.0912. The first kappa shape index (κ1) is 16.2. The van der Waals surface area contributed by atoms with Crippen molar-refractivity contribution in [2.45, 2.75) is 12.3 Å². The number of ether oxygens (including phenoxy) is 2. The Morgan fingerprint density at radius 1 is 1.08 bits per heavy atom. The largest absolute Gasteiger partial charge is 0.454 e. The van der Waals surface area contributed by atoms with Crippen LogP contribution in [0.4, 0.5) is 5.69 Å². The maximum Gasteiger partial charge on any atom is 0.269 e. The van der Waals surface area contributed by atoms with E-state index in [9.17, 15) is 18.5 Å². The van der Waals surface area contributed by atoms with Crippen LogP contribution in [0, 0.1) is 10.1 Å². The van der Waals surface area contributed by atoms with Crippen molar-refractivity contribution in [1.29, 1.82) is 0 Å². The summed E-state index contributed by atoms with van der Waals surface area (Å²) >= 11 is 0. The van der Waals surface area contributed by atoms with Crippen LogP contribution in [-0.4, -0.2) is 20.1 Å². The van der Waals surface area contributed by atoms with Crippen LogP contribution in [0.3, 0.4) is 0 Å². The fourth-order valence-electron chi connectivity index (χ4n) is 2.27. The summed E-state index contributed by atoms with van der Waals surface area (Å²) in [7, 11) is -3.63. The molecular weight excluding hydrogens is 336 g/mol. The number of sulfonamides is 1. The molecule has 1 aliphatic rings. The molecule has 3 rings (SSSR count). The minimum Gasteiger partial charge on any atom is -0.454 e. The van der Waals surface area contributed by atoms with Crippen molar-refractivity contribution < 1.29 is 22.8 Å². The van der Waals surface area contributed by atoms with Gasteiger partial charge in [0.05, 0.1) is 10.7 Å². The predicted octanol–water partition coefficient (Wildman–Crippen LogP) is 1.94. The van der Waals surface area contributed by atoms with E-state index < -0.39 is 14.9 Å². The van der Waals surface area contributed by atoms with E-state index in [2.05, 4.69) is 4.72 Å². The Hall–Kier alpha value is -2.65. The molecule has 24 heavy (non-hydrogen) atoms. The van der Waals surface area contributed by atoms with Crippen molar-refractivity contribution in [3.63, 3.8) is 0 Å². The van der Waals surface area contributed by atoms with Crippen LogP contribution in [0.15, 0.2) is 42.5 Å². The molecule has 0 bridgehead atoms. The molecule has 9 heteroatoms. The van der Waals surface area contributed by atoms with Crippen LogP contribution in [-0.2, 0) is 22.3 Å². The lowest BCUT2D eigenvalue weighted by atomic mass is 10.2. The fraction of sp³-hybridized carbons (Fsp3) is 0.200. The molecule has 0 aliphatic carbocycles. The molecule has 2 aromatic carbocycles. The fourth-order valence-corrected chi connectivity index (χ4v) is 3.38. The molecule has 0 radical (unpaired) electrons. The second-order valence-electron chi connectivity index (χ2n) is 5.19. The molecule has 1 N–H and O–H groups in total. The summed E-state index contributed by atoms with van der Waals surface area (Å²) < 4.78 is 37.2. The van der Waals surface area contributed by atoms with Gasteiger partial charge >= 0.3 is 0 Å². The standard InChI is InChI=1S/C15H14N2O6S/c18-17(19)13-3-1-2-12(6-13)9-24(20,21)16-8-11-4-5-14-15(7-11)23-10-22-14/h1-7,16H,8-10H2. The molecule has 0 fully saturated rings. The SMILES string of the molecule is O=[N+]([O-])c1cccc(CS(=O)(=O)NCc2ccc3c(c2)OCO3)c1. The quantitative estimate of drug-likeness (QED) is 0.630. The first-order chi connectivity index (χ1) is 11.4. The molecule has 0 atom stereocenters. The molecule has 0 saturated heterocycles. The van der Waals surface area contributed by atoms with E-state index in [-0.39, 0.29) is 24.8 Å². The molecule has 2 aromatic rings. The van der Waals surface area contributed by atoms with Crippen molar-refractivity contribution in [2.75, 3.05) is 6.79 Å². The van der Waals surface area contributed by atoms with Gasteiger partial charge in [-0.1, -0.05) is 18.2 Å². The van der Waals surface area contributed by atoms with Crippen LogP contribution < -0.4 is 14.2 Å². The summed E-state index contributed by atoms with van der Waals surface area (Å²) in [5.41, 5.74) is 0.933. The first-order valence-electron chi connectivity index (χ1n) is 7.02. The second-order valence-corrected chi connectivity index (χ2v) is 7.00. The minimum atomic E-state index is -3.63. The first-order valence-corrected chi connectivity index (χ1v) is 8.67. The topological polar surface area (TPSA) is 108 Å². The molecular formula is C15H14N2O6S. The highest BCUT2D eigenvalue weighted by Gasteiger charge is 2.16. The van der Waals surface area contributed by atoms with E-state index in [0.717, 1.165) is 5.56 Å². The maximum absolute atomic E-state index is 12.2. The molecule has 8 nitrogen and oxygen atoms in total. The lowest BCUT2D eigenvalue weighted by Crippen LogP contribution is -2.24. The smallest absolute Gasteiger partial charge is 0.269 e. The highest BCUT2D eigenvalue weighted by molar-refractivity contribution is 7.88. The van der Waals surface area contributed by atoms with Crippen LogP contribution in [0.5, 0.6) is 11.5 Å². The van der Waals surface area contributed by atoms with Crippen LogP contribution >= 0.6 is 0 Å². The molecule has 1 heterocycles. The van der Waals surface area contributed by atoms with Crippen LogP contribution in [0.1, 0.15) is 11.1 Å². The third-order valence-corrected chi connectivity index (χ3v) is 4.71. The van der Waals surface area contributed by atoms with Crippen LogP contribution in [0.25, 0.3) is 0 Å². The lowest BCUT2D eigenvalue weighted by molar-refractivity contribution is -0.384. The number of rotatable bonds is 6. The van der Waals surface area contributed by atoms with Gasteiger partial charge < -0.3 is 9.47 Å². The Morgan fingerprint density at radius 3 is 2.67 bits per heavy atom. The van der Waals surface area contributed by atoms with Crippen molar-refractivity contribution in [2.24, 2.45) is 0 Å². The van der Waals surface area contributed by atoms with Gasteiger partial charge in [0, 0.05) is 18.7 Å². The Morgan fingerprint density at radius 2 is 1.88 bits per heavy atom. The number of nitrogens with one attached hydrogen (secondary N) is 1. The average Bonchev–Trinajstić information content (AvgIpc) is 3.00. The van der Waals surface area contributed by atoms with Crippen molar-refractivity contribution in [3.05, 3.63) is 63.7 Å². The van der Waals surface area contributed by atoms with Gasteiger partial charge in [-0.2, -0.15) is 0 Å². The number of nitrogens with zero attached hydrogens (tertiary/aromatic N) is 1. The zero-order chi connectivity index (χ0) is 17.2. The molecule has 0 saturated carbocycles. The van der Waals surface area contributed by atoms with Gasteiger partial charge in [0.25, 0.3) is 5.69 Å². The van der Waals surface area contributed by atoms with Gasteiger partial charge in [-0.3, -0.25) is 10.1 Å². The number of hydrogen-bond acceptors (Lipinski definition) is 6. The molecule has 0 amide bonds. The van der Waals surface area contributed by atoms with Gasteiger partial charge in [0.1, 0.15) is 0 Å². The summed E-state index contributed by atoms with van der Waals surface area (Å²) in [5.74, 6) is 0.864. The summed E-state index contributed by atoms with van der Waals surface area (Å²) in [6, 6.07) is 10.7. The molecule has 0 unspecified atom stereocenters. The van der Waals surface area contributed by atoms with E-state index >= 15 is 0 Å². The maximum atomic E-state index is 12.2. The third-order valence-electron chi connectivity index (χ3n) is 3.41. The number of benzene rings is 2. The van der Waals surface area contributed by atoms with E-state index in [1.165, 1.54) is 24.3 Å². The third kappa shape index (κ3) is 3.81. The van der Waals surface area contributed by atoms with E-state index in [0.29, 0.717) is 17.1 Å². The summed E-state index contributed by atoms with van der Waals surface area (Å²) in [6.45, 7) is 0.241.